The van der Waals surface area contributed by atoms with E-state index in [1.165, 1.54) is 0 Å². The van der Waals surface area contributed by atoms with E-state index in [0.29, 0.717) is 0 Å². The highest BCUT2D eigenvalue weighted by atomic mass is 35.5. The minimum absolute atomic E-state index is 1.00. The molecule has 0 spiro atoms. The molecule has 0 aliphatic carbocycles. The zero-order valence-electron chi connectivity index (χ0n) is 3.66. The first kappa shape index (κ1) is 7.98. The summed E-state index contributed by atoms with van der Waals surface area (Å²) in [7, 11) is 0. The highest BCUT2D eigenvalue weighted by Crippen LogP contribution is 2.26. The smallest absolute Gasteiger partial charge is 0.247 e. The average Bonchev–Trinajstić information content (AvgIpc) is 1.21. The Morgan fingerprint density at radius 3 is 2.00 bits per heavy atom. The Labute approximate surface area is 55.2 Å². The largest absolute Gasteiger partial charge is 0.361 e. The molecule has 0 aliphatic rings. The second-order valence-electron chi connectivity index (χ2n) is 1.16. The Hall–Kier alpha value is -0.0200. The molecule has 0 heterocycles. The molecule has 0 aliphatic heterocycles. The summed E-state index contributed by atoms with van der Waals surface area (Å²) in [6, 6.07) is 0. The molecule has 0 atom stereocenters. The summed E-state index contributed by atoms with van der Waals surface area (Å²) in [5.74, 6) is -1.61. The molecule has 0 N–H and O–H groups in total. The van der Waals surface area contributed by atoms with Crippen LogP contribution in [-0.4, -0.2) is 10.6 Å². The lowest BCUT2D eigenvalue weighted by Crippen LogP contribution is -2.09. The van der Waals surface area contributed by atoms with E-state index in [1.807, 2.05) is 0 Å². The van der Waals surface area contributed by atoms with Crippen LogP contribution < -0.4 is 0 Å². The van der Waals surface area contributed by atoms with Crippen LogP contribution in [0.25, 0.3) is 0 Å². The van der Waals surface area contributed by atoms with Crippen LogP contribution >= 0.6 is 23.2 Å². The van der Waals surface area contributed by atoms with Gasteiger partial charge in [-0.05, 0) is 0 Å². The predicted octanol–water partition coefficient (Wildman–Crippen LogP) is 1.43. The van der Waals surface area contributed by atoms with Gasteiger partial charge in [-0.2, -0.15) is 0 Å². The predicted molar refractivity (Wildman–Crippen MR) is 25.9 cm³/mol. The van der Waals surface area contributed by atoms with Gasteiger partial charge in [-0.15, -0.1) is 0 Å². The van der Waals surface area contributed by atoms with Gasteiger partial charge in [0.05, 0.1) is 0 Å². The fourth-order valence-electron chi connectivity index (χ4n) is 0.164. The van der Waals surface area contributed by atoms with E-state index in [9.17, 15) is 14.3 Å². The Morgan fingerprint density at radius 2 is 2.00 bits per heavy atom. The highest BCUT2D eigenvalue weighted by Gasteiger charge is 2.26. The van der Waals surface area contributed by atoms with Crippen molar-refractivity contribution in [3.8, 4) is 0 Å². The van der Waals surface area contributed by atoms with Crippen LogP contribution in [0.2, 0.25) is 0 Å². The zero-order chi connectivity index (χ0) is 6.78. The quantitative estimate of drug-likeness (QED) is 0.563. The minimum atomic E-state index is -2.70. The van der Waals surface area contributed by atoms with Gasteiger partial charge in [0.25, 0.3) is 4.59 Å². The number of hydrogen-bond acceptors (Lipinski definition) is 1. The van der Waals surface area contributed by atoms with Gasteiger partial charge in [0.15, 0.2) is 0 Å². The third-order valence-corrected chi connectivity index (χ3v) is 0.612. The van der Waals surface area contributed by atoms with Gasteiger partial charge < -0.3 is 0 Å². The summed E-state index contributed by atoms with van der Waals surface area (Å²) in [5, 5.41) is 9.49. The van der Waals surface area contributed by atoms with Crippen molar-refractivity contribution in [1.82, 2.24) is 0 Å². The van der Waals surface area contributed by atoms with Crippen LogP contribution in [0.5, 0.6) is 0 Å². The average molecular weight is 160 g/mol. The highest BCUT2D eigenvalue weighted by molar-refractivity contribution is 6.47. The summed E-state index contributed by atoms with van der Waals surface area (Å²) in [4.78, 5) is 9.49. The van der Waals surface area contributed by atoms with Crippen molar-refractivity contribution < 1.29 is 14.3 Å². The van der Waals surface area contributed by atoms with E-state index in [0.717, 1.165) is 0 Å². The molecule has 0 aromatic heterocycles. The van der Waals surface area contributed by atoms with Gasteiger partial charge in [-0.1, -0.05) is 23.2 Å². The number of carbonyl (C=O) groups is 1. The second-order valence-corrected chi connectivity index (χ2v) is 2.56. The van der Waals surface area contributed by atoms with Crippen LogP contribution in [0.1, 0.15) is 6.42 Å². The molecule has 0 bridgehead atoms. The van der Waals surface area contributed by atoms with Gasteiger partial charge in [-0.3, -0.25) is 0 Å². The van der Waals surface area contributed by atoms with E-state index in [2.05, 4.69) is 23.2 Å². The first-order valence-corrected chi connectivity index (χ1v) is 2.44. The normalized spacial score (nSPS) is 11.4. The van der Waals surface area contributed by atoms with E-state index in [1.54, 1.807) is 0 Å². The first-order chi connectivity index (χ1) is 3.42. The molecule has 0 unspecified atom stereocenters. The van der Waals surface area contributed by atoms with Gasteiger partial charge in [0, 0.05) is 0 Å². The molecule has 0 amide bonds. The molecule has 0 fully saturated rings. The molecule has 47 valence electrons. The summed E-state index contributed by atoms with van der Waals surface area (Å²) < 4.78 is 9.05. The molecule has 5 heteroatoms. The number of carbonyl (C=O) groups excluding carboxylic acids is 1. The van der Waals surface area contributed by atoms with Crippen LogP contribution in [0.15, 0.2) is 0 Å². The Kier molecular flexibility index (Phi) is 2.50. The van der Waals surface area contributed by atoms with Gasteiger partial charge in [0.2, 0.25) is 0 Å². The lowest BCUT2D eigenvalue weighted by atomic mass is 10.5. The van der Waals surface area contributed by atoms with Crippen molar-refractivity contribution in [2.24, 2.45) is 0 Å². The van der Waals surface area contributed by atoms with Crippen LogP contribution in [-0.2, 0) is 9.90 Å². The summed E-state index contributed by atoms with van der Waals surface area (Å²) in [5.41, 5.74) is 0. The molecular weight excluding hydrogens is 158 g/mol. The number of hydrogen-bond donors (Lipinski definition) is 0. The molecule has 1 radical (unpaired) electrons. The van der Waals surface area contributed by atoms with E-state index in [4.69, 9.17) is 0 Å². The van der Waals surface area contributed by atoms with Gasteiger partial charge in [0.1, 0.15) is 6.42 Å². The van der Waals surface area contributed by atoms with Crippen LogP contribution in [0.4, 0.5) is 4.39 Å². The lowest BCUT2D eigenvalue weighted by molar-refractivity contribution is -0.144. The van der Waals surface area contributed by atoms with Crippen molar-refractivity contribution >= 4 is 29.2 Å². The lowest BCUT2D eigenvalue weighted by Gasteiger charge is -2.00. The second kappa shape index (κ2) is 2.51. The molecule has 0 saturated carbocycles. The van der Waals surface area contributed by atoms with E-state index < -0.39 is 17.0 Å². The monoisotopic (exact) mass is 159 g/mol. The maximum Gasteiger partial charge on any atom is 0.361 e. The zero-order valence-corrected chi connectivity index (χ0v) is 5.17. The Bertz CT molecular complexity index is 97.9. The van der Waals surface area contributed by atoms with Gasteiger partial charge >= 0.3 is 5.97 Å². The molecule has 0 aromatic carbocycles. The molecule has 0 aromatic rings. The topological polar surface area (TPSA) is 37.0 Å². The first-order valence-electron chi connectivity index (χ1n) is 1.68. The number of rotatable bonds is 2. The van der Waals surface area contributed by atoms with Gasteiger partial charge in [-0.25, -0.2) is 14.3 Å². The Morgan fingerprint density at radius 1 is 1.62 bits per heavy atom. The third-order valence-electron chi connectivity index (χ3n) is 0.345. The van der Waals surface area contributed by atoms with E-state index in [-0.39, 0.29) is 0 Å². The molecule has 2 nitrogen and oxygen atoms in total. The third kappa shape index (κ3) is 5.98. The van der Waals surface area contributed by atoms with Crippen molar-refractivity contribution in [2.45, 2.75) is 11.0 Å². The van der Waals surface area contributed by atoms with E-state index >= 15 is 0 Å². The summed E-state index contributed by atoms with van der Waals surface area (Å²) >= 11 is 9.21. The fraction of sp³-hybridized carbons (Fsp3) is 0.667. The van der Waals surface area contributed by atoms with Crippen LogP contribution in [0.3, 0.4) is 0 Å². The van der Waals surface area contributed by atoms with Crippen molar-refractivity contribution in [1.29, 1.82) is 0 Å². The molecule has 0 saturated heterocycles. The molecular formula is C3H2Cl2FO2. The fourth-order valence-corrected chi connectivity index (χ4v) is 0.382. The summed E-state index contributed by atoms with van der Waals surface area (Å²) in [6.07, 6.45) is -1.00. The van der Waals surface area contributed by atoms with Crippen molar-refractivity contribution in [3.05, 3.63) is 0 Å². The molecule has 0 rings (SSSR count). The van der Waals surface area contributed by atoms with Crippen molar-refractivity contribution in [2.75, 3.05) is 0 Å². The maximum atomic E-state index is 11.7. The standard InChI is InChI=1S/C3H2Cl2FO2/c4-3(5,6)1-2(7)8/h1H2. The summed E-state index contributed by atoms with van der Waals surface area (Å²) in [6.45, 7) is 0. The maximum absolute atomic E-state index is 11.7. The Balaban J connectivity index is 3.55. The molecule has 8 heavy (non-hydrogen) atoms. The number of alkyl halides is 3. The number of halogens is 3. The van der Waals surface area contributed by atoms with Crippen molar-refractivity contribution in [3.63, 3.8) is 0 Å². The van der Waals surface area contributed by atoms with Crippen LogP contribution in [0, 0.1) is 0 Å². The SMILES string of the molecule is [O]C(=O)CC(F)(Cl)Cl. The minimum Gasteiger partial charge on any atom is -0.247 e.